The number of carbonyl (C=O) groups is 2. The number of carboxylic acid groups (broad SMARTS) is 2. The highest BCUT2D eigenvalue weighted by atomic mass is 16.5. The number of rotatable bonds is 1. The summed E-state index contributed by atoms with van der Waals surface area (Å²) >= 11 is 0. The molecule has 2 atom stereocenters. The van der Waals surface area contributed by atoms with Gasteiger partial charge in [0.2, 0.25) is 0 Å². The molecule has 6 nitrogen and oxygen atoms in total. The van der Waals surface area contributed by atoms with Crippen molar-refractivity contribution in [2.45, 2.75) is 19.1 Å². The second-order valence-corrected chi connectivity index (χ2v) is 2.58. The van der Waals surface area contributed by atoms with E-state index in [0.29, 0.717) is 12.1 Å². The maximum absolute atomic E-state index is 9.10. The summed E-state index contributed by atoms with van der Waals surface area (Å²) < 4.78 is 5.04. The van der Waals surface area contributed by atoms with Gasteiger partial charge in [-0.25, -0.2) is 9.59 Å². The van der Waals surface area contributed by atoms with Crippen LogP contribution in [0.1, 0.15) is 6.92 Å². The predicted molar refractivity (Wildman–Crippen MR) is 43.5 cm³/mol. The largest absolute Gasteiger partial charge is 0.473 e. The minimum Gasteiger partial charge on any atom is -0.473 e. The fraction of sp³-hybridized carbons (Fsp3) is 0.714. The highest BCUT2D eigenvalue weighted by molar-refractivity contribution is 6.27. The minimum atomic E-state index is -1.82. The van der Waals surface area contributed by atoms with Crippen molar-refractivity contribution in [2.24, 2.45) is 0 Å². The van der Waals surface area contributed by atoms with Crippen LogP contribution in [0.5, 0.6) is 0 Å². The normalized spacial score (nSPS) is 25.1. The Balaban J connectivity index is 0.000000226. The van der Waals surface area contributed by atoms with Crippen LogP contribution in [0, 0.1) is 0 Å². The summed E-state index contributed by atoms with van der Waals surface area (Å²) in [5.74, 6) is -3.65. The predicted octanol–water partition coefficient (Wildman–Crippen LogP) is -0.851. The summed E-state index contributed by atoms with van der Waals surface area (Å²) in [5, 5.41) is 18.0. The Morgan fingerprint density at radius 3 is 1.85 bits per heavy atom. The number of carboxylic acids is 2. The lowest BCUT2D eigenvalue weighted by Crippen LogP contribution is -2.56. The summed E-state index contributed by atoms with van der Waals surface area (Å²) in [6, 6.07) is 0.574. The molecule has 13 heavy (non-hydrogen) atoms. The highest BCUT2D eigenvalue weighted by Crippen LogP contribution is 2.04. The summed E-state index contributed by atoms with van der Waals surface area (Å²) in [6.45, 7) is 3.15. The van der Waals surface area contributed by atoms with Gasteiger partial charge in [0.1, 0.15) is 0 Å². The van der Waals surface area contributed by atoms with Crippen LogP contribution in [0.4, 0.5) is 0 Å². The molecular weight excluding hydrogens is 178 g/mol. The lowest BCUT2D eigenvalue weighted by atomic mass is 10.1. The molecule has 0 spiro atoms. The Morgan fingerprint density at radius 2 is 1.85 bits per heavy atom. The van der Waals surface area contributed by atoms with E-state index < -0.39 is 11.9 Å². The molecule has 1 saturated heterocycles. The molecule has 1 aliphatic heterocycles. The van der Waals surface area contributed by atoms with Gasteiger partial charge in [0.05, 0.1) is 6.10 Å². The number of aliphatic carboxylic acids is 2. The van der Waals surface area contributed by atoms with E-state index in [0.717, 1.165) is 6.54 Å². The minimum absolute atomic E-state index is 0.472. The van der Waals surface area contributed by atoms with Crippen LogP contribution in [0.25, 0.3) is 0 Å². The zero-order valence-electron chi connectivity index (χ0n) is 7.48. The van der Waals surface area contributed by atoms with Gasteiger partial charge in [-0.15, -0.1) is 0 Å². The van der Waals surface area contributed by atoms with Gasteiger partial charge in [0, 0.05) is 19.7 Å². The lowest BCUT2D eigenvalue weighted by Gasteiger charge is -2.33. The molecule has 0 bridgehead atoms. The van der Waals surface area contributed by atoms with Gasteiger partial charge in [-0.05, 0) is 6.92 Å². The zero-order valence-corrected chi connectivity index (χ0v) is 7.48. The Hall–Kier alpha value is -1.14. The van der Waals surface area contributed by atoms with Crippen molar-refractivity contribution in [3.8, 4) is 0 Å². The van der Waals surface area contributed by atoms with E-state index in [4.69, 9.17) is 24.5 Å². The van der Waals surface area contributed by atoms with E-state index in [2.05, 4.69) is 12.2 Å². The quantitative estimate of drug-likeness (QED) is 0.467. The Kier molecular flexibility index (Phi) is 5.01. The molecular formula is C7H13NO5. The topological polar surface area (TPSA) is 95.9 Å². The summed E-state index contributed by atoms with van der Waals surface area (Å²) in [6.07, 6.45) is 0.472. The summed E-state index contributed by atoms with van der Waals surface area (Å²) in [5.41, 5.74) is 0. The third-order valence-corrected chi connectivity index (χ3v) is 1.68. The summed E-state index contributed by atoms with van der Waals surface area (Å²) in [4.78, 5) is 18.2. The highest BCUT2D eigenvalue weighted by Gasteiger charge is 2.24. The van der Waals surface area contributed by atoms with Gasteiger partial charge in [-0.2, -0.15) is 0 Å². The van der Waals surface area contributed by atoms with Crippen LogP contribution in [-0.4, -0.2) is 48.0 Å². The molecule has 0 radical (unpaired) electrons. The maximum Gasteiger partial charge on any atom is 0.414 e. The van der Waals surface area contributed by atoms with Gasteiger partial charge in [-0.3, -0.25) is 0 Å². The average molecular weight is 191 g/mol. The van der Waals surface area contributed by atoms with Crippen LogP contribution < -0.4 is 5.32 Å². The molecule has 0 unspecified atom stereocenters. The Morgan fingerprint density at radius 1 is 1.38 bits per heavy atom. The van der Waals surface area contributed by atoms with E-state index in [-0.39, 0.29) is 0 Å². The average Bonchev–Trinajstić information content (AvgIpc) is 2.03. The van der Waals surface area contributed by atoms with Gasteiger partial charge < -0.3 is 20.3 Å². The standard InChI is InChI=1S/C5H11NO.C2H2O4/c1-4-5(7-2)3-6-4;3-1(4)2(5)6/h4-6H,3H2,1-2H3;(H,3,4)(H,5,6)/t4-,5+;/m0./s1. The SMILES string of the molecule is CO[C@@H]1CN[C@H]1C.O=C(O)C(=O)O. The molecule has 3 N–H and O–H groups in total. The fourth-order valence-corrected chi connectivity index (χ4v) is 0.737. The first kappa shape index (κ1) is 11.9. The molecule has 1 rings (SSSR count). The maximum atomic E-state index is 9.10. The molecule has 1 fully saturated rings. The Labute approximate surface area is 75.5 Å². The second-order valence-electron chi connectivity index (χ2n) is 2.58. The molecule has 0 aromatic rings. The van der Waals surface area contributed by atoms with E-state index in [1.165, 1.54) is 0 Å². The molecule has 0 saturated carbocycles. The van der Waals surface area contributed by atoms with Crippen LogP contribution in [0.2, 0.25) is 0 Å². The third-order valence-electron chi connectivity index (χ3n) is 1.68. The van der Waals surface area contributed by atoms with Crippen molar-refractivity contribution >= 4 is 11.9 Å². The van der Waals surface area contributed by atoms with Gasteiger partial charge >= 0.3 is 11.9 Å². The number of nitrogens with one attached hydrogen (secondary N) is 1. The van der Waals surface area contributed by atoms with Crippen molar-refractivity contribution in [2.75, 3.05) is 13.7 Å². The molecule has 0 aliphatic carbocycles. The monoisotopic (exact) mass is 191 g/mol. The van der Waals surface area contributed by atoms with E-state index in [9.17, 15) is 0 Å². The molecule has 1 aliphatic rings. The Bertz CT molecular complexity index is 179. The third kappa shape index (κ3) is 4.44. The van der Waals surface area contributed by atoms with Gasteiger partial charge in [0.25, 0.3) is 0 Å². The van der Waals surface area contributed by atoms with Crippen LogP contribution >= 0.6 is 0 Å². The molecule has 0 aromatic carbocycles. The first-order chi connectivity index (χ1) is 5.99. The van der Waals surface area contributed by atoms with Crippen molar-refractivity contribution in [1.29, 1.82) is 0 Å². The smallest absolute Gasteiger partial charge is 0.414 e. The number of hydrogen-bond donors (Lipinski definition) is 3. The fourth-order valence-electron chi connectivity index (χ4n) is 0.737. The zero-order chi connectivity index (χ0) is 10.4. The molecule has 0 amide bonds. The van der Waals surface area contributed by atoms with Crippen molar-refractivity contribution in [3.05, 3.63) is 0 Å². The number of ether oxygens (including phenoxy) is 1. The molecule has 6 heteroatoms. The van der Waals surface area contributed by atoms with Crippen molar-refractivity contribution in [1.82, 2.24) is 5.32 Å². The molecule has 1 heterocycles. The van der Waals surface area contributed by atoms with Gasteiger partial charge in [-0.1, -0.05) is 0 Å². The van der Waals surface area contributed by atoms with Crippen LogP contribution in [-0.2, 0) is 14.3 Å². The summed E-state index contributed by atoms with van der Waals surface area (Å²) in [7, 11) is 1.75. The second kappa shape index (κ2) is 5.50. The molecule has 0 aromatic heterocycles. The van der Waals surface area contributed by atoms with E-state index in [1.807, 2.05) is 0 Å². The van der Waals surface area contributed by atoms with Gasteiger partial charge in [0.15, 0.2) is 0 Å². The number of hydrogen-bond acceptors (Lipinski definition) is 4. The lowest BCUT2D eigenvalue weighted by molar-refractivity contribution is -0.159. The van der Waals surface area contributed by atoms with E-state index >= 15 is 0 Å². The number of methoxy groups -OCH3 is 1. The first-order valence-electron chi connectivity index (χ1n) is 3.71. The van der Waals surface area contributed by atoms with Crippen LogP contribution in [0.3, 0.4) is 0 Å². The van der Waals surface area contributed by atoms with E-state index in [1.54, 1.807) is 7.11 Å². The van der Waals surface area contributed by atoms with Crippen LogP contribution in [0.15, 0.2) is 0 Å². The van der Waals surface area contributed by atoms with Crippen molar-refractivity contribution in [3.63, 3.8) is 0 Å². The first-order valence-corrected chi connectivity index (χ1v) is 3.71. The molecule has 76 valence electrons. The van der Waals surface area contributed by atoms with Crippen molar-refractivity contribution < 1.29 is 24.5 Å².